The number of carbonyl (C=O) groups excluding carboxylic acids is 4. The zero-order valence-corrected chi connectivity index (χ0v) is 44.0. The molecule has 0 unspecified atom stereocenters. The number of aryl methyl sites for hydroxylation is 1. The maximum Gasteiger partial charge on any atom is 0.293 e. The van der Waals surface area contributed by atoms with Crippen LogP contribution in [0.1, 0.15) is 107 Å². The van der Waals surface area contributed by atoms with Crippen LogP contribution in [-0.4, -0.2) is 109 Å². The lowest BCUT2D eigenvalue weighted by atomic mass is 9.90. The summed E-state index contributed by atoms with van der Waals surface area (Å²) in [5, 5.41) is 17.1. The van der Waals surface area contributed by atoms with E-state index in [1.807, 2.05) is 50.2 Å². The van der Waals surface area contributed by atoms with E-state index in [-0.39, 0.29) is 46.8 Å². The Kier molecular flexibility index (Phi) is 13.0. The van der Waals surface area contributed by atoms with Crippen molar-refractivity contribution < 1.29 is 24.3 Å². The van der Waals surface area contributed by atoms with Crippen LogP contribution in [0.3, 0.4) is 0 Å². The second-order valence-corrected chi connectivity index (χ2v) is 21.9. The highest BCUT2D eigenvalue weighted by Crippen LogP contribution is 2.41. The summed E-state index contributed by atoms with van der Waals surface area (Å²) in [7, 11) is 1.63. The number of aromatic nitrogens is 5. The molecule has 3 N–H and O–H groups in total. The normalized spacial score (nSPS) is 18.6. The van der Waals surface area contributed by atoms with Crippen molar-refractivity contribution in [3.8, 4) is 11.3 Å². The molecule has 11 rings (SSSR count). The second-order valence-electron chi connectivity index (χ2n) is 21.9. The van der Waals surface area contributed by atoms with Gasteiger partial charge in [-0.2, -0.15) is 0 Å². The highest BCUT2D eigenvalue weighted by molar-refractivity contribution is 6.34. The number of rotatable bonds is 12. The van der Waals surface area contributed by atoms with Gasteiger partial charge in [0.2, 0.25) is 5.91 Å². The number of benzene rings is 2. The number of carbonyl (C=O) groups is 4. The molecule has 4 amide bonds. The molecule has 2 aromatic carbocycles. The van der Waals surface area contributed by atoms with Crippen LogP contribution in [0.15, 0.2) is 96.7 Å². The third kappa shape index (κ3) is 9.01. The highest BCUT2D eigenvalue weighted by atomic mass is 16.3. The Bertz CT molecular complexity index is 3430. The molecule has 1 aliphatic carbocycles. The lowest BCUT2D eigenvalue weighted by Gasteiger charge is -2.47. The fraction of sp³-hybridized carbons (Fsp3) is 0.379. The smallest absolute Gasteiger partial charge is 0.293 e. The number of nitrogens with zero attached hydrogens (tertiary/aromatic N) is 10. The molecule has 1 atom stereocenters. The first-order chi connectivity index (χ1) is 36.5. The molecule has 5 aliphatic rings. The second kappa shape index (κ2) is 19.6. The van der Waals surface area contributed by atoms with Crippen LogP contribution in [0.25, 0.3) is 11.3 Å². The fourth-order valence-corrected chi connectivity index (χ4v) is 12.0. The van der Waals surface area contributed by atoms with Crippen LogP contribution in [-0.2, 0) is 37.8 Å². The Labute approximate surface area is 441 Å². The van der Waals surface area contributed by atoms with E-state index in [2.05, 4.69) is 67.2 Å². The van der Waals surface area contributed by atoms with Crippen molar-refractivity contribution in [1.29, 1.82) is 0 Å². The van der Waals surface area contributed by atoms with Gasteiger partial charge in [0.25, 0.3) is 23.3 Å². The predicted octanol–water partition coefficient (Wildman–Crippen LogP) is 7.29. The van der Waals surface area contributed by atoms with Crippen molar-refractivity contribution in [1.82, 2.24) is 29.0 Å². The van der Waals surface area contributed by atoms with Gasteiger partial charge in [-0.15, -0.1) is 0 Å². The summed E-state index contributed by atoms with van der Waals surface area (Å²) in [5.74, 6) is -0.656. The minimum absolute atomic E-state index is 0.0287. The molecule has 0 saturated carbocycles. The zero-order valence-electron chi connectivity index (χ0n) is 44.0. The molecular formula is C58H64N12O6. The maximum atomic E-state index is 14.1. The Morgan fingerprint density at radius 3 is 2.38 bits per heavy atom. The summed E-state index contributed by atoms with van der Waals surface area (Å²) in [6.07, 6.45) is 9.77. The highest BCUT2D eigenvalue weighted by Gasteiger charge is 2.40. The standard InChI is InChI=1S/C58H64N12O6/c1-8-51(72)62-46-26-37(61-52-57(76)64(7)32-47(63-52)41-14-18-60-53(44(41)33-71)69-24-23-68-49(56(69)75)25-36-29-58(5,6)30-50(36)68)9-12-48(46)67-22-21-66(31-35(67)4)38-15-19-65(20-16-38)39-10-11-42-43(27-39)55(74)70(54(42)73)40-13-17-59-45(28-40)34(2)3/h8-14,17-18,25-28,32,34-35,38,71H,1,15-16,19-24,29-31,33H2,2-7H3,(H,61,63)(H,62,72)/t35-/m0/s1. The van der Waals surface area contributed by atoms with E-state index >= 15 is 0 Å². The largest absolute Gasteiger partial charge is 0.392 e. The molecule has 0 bridgehead atoms. The van der Waals surface area contributed by atoms with Crippen LogP contribution in [0.5, 0.6) is 0 Å². The summed E-state index contributed by atoms with van der Waals surface area (Å²) < 4.78 is 3.56. The van der Waals surface area contributed by atoms with Gasteiger partial charge in [-0.25, -0.2) is 14.9 Å². The first kappa shape index (κ1) is 50.2. The molecule has 392 valence electrons. The summed E-state index contributed by atoms with van der Waals surface area (Å²) >= 11 is 0. The van der Waals surface area contributed by atoms with Gasteiger partial charge in [0.15, 0.2) is 5.82 Å². The van der Waals surface area contributed by atoms with Crippen molar-refractivity contribution in [3.63, 3.8) is 0 Å². The molecule has 0 radical (unpaired) electrons. The third-order valence-corrected chi connectivity index (χ3v) is 15.9. The van der Waals surface area contributed by atoms with Gasteiger partial charge in [-0.1, -0.05) is 34.3 Å². The topological polar surface area (TPSA) is 194 Å². The number of imide groups is 1. The Balaban J connectivity index is 0.767. The number of amides is 4. The minimum atomic E-state index is -0.418. The monoisotopic (exact) mass is 1020 g/mol. The van der Waals surface area contributed by atoms with E-state index in [1.165, 1.54) is 26.8 Å². The summed E-state index contributed by atoms with van der Waals surface area (Å²) in [6.45, 7) is 18.9. The van der Waals surface area contributed by atoms with Crippen molar-refractivity contribution in [2.75, 3.05) is 69.5 Å². The summed E-state index contributed by atoms with van der Waals surface area (Å²) in [6, 6.07) is 18.9. The van der Waals surface area contributed by atoms with Crippen LogP contribution in [0.2, 0.25) is 0 Å². The molecule has 18 nitrogen and oxygen atoms in total. The van der Waals surface area contributed by atoms with Crippen molar-refractivity contribution >= 4 is 63.7 Å². The lowest BCUT2D eigenvalue weighted by molar-refractivity contribution is -0.111. The first-order valence-corrected chi connectivity index (χ1v) is 26.3. The van der Waals surface area contributed by atoms with E-state index in [0.29, 0.717) is 82.2 Å². The van der Waals surface area contributed by atoms with Crippen LogP contribution in [0, 0.1) is 5.41 Å². The van der Waals surface area contributed by atoms with E-state index in [4.69, 9.17) is 4.98 Å². The number of fused-ring (bicyclic) bond motifs is 4. The van der Waals surface area contributed by atoms with Crippen molar-refractivity contribution in [3.05, 3.63) is 142 Å². The van der Waals surface area contributed by atoms with Gasteiger partial charge in [-0.3, -0.25) is 38.8 Å². The predicted molar refractivity (Wildman–Crippen MR) is 294 cm³/mol. The number of aliphatic hydroxyl groups is 1. The quantitative estimate of drug-likeness (QED) is 0.0818. The number of anilines is 7. The van der Waals surface area contributed by atoms with Gasteiger partial charge < -0.3 is 34.7 Å². The zero-order chi connectivity index (χ0) is 53.3. The van der Waals surface area contributed by atoms with Gasteiger partial charge in [0, 0.05) is 117 Å². The molecule has 2 fully saturated rings. The molecule has 8 heterocycles. The molecule has 76 heavy (non-hydrogen) atoms. The summed E-state index contributed by atoms with van der Waals surface area (Å²) in [4.78, 5) is 91.8. The van der Waals surface area contributed by atoms with Crippen LogP contribution < -0.4 is 35.8 Å². The lowest BCUT2D eigenvalue weighted by Crippen LogP contribution is -2.57. The van der Waals surface area contributed by atoms with Crippen molar-refractivity contribution in [2.24, 2.45) is 12.5 Å². The SMILES string of the molecule is C=CC(=O)Nc1cc(Nc2nc(-c3ccnc(N4CCn5c(cc6c5CC(C)(C)C6)C4=O)c3CO)cn(C)c2=O)ccc1N1CCN(C2CCN(c3ccc4c(c3)C(=O)N(c3ccnc(C(C)C)c3)C4=O)CC2)C[C@@H]1C. The molecule has 4 aliphatic heterocycles. The Morgan fingerprint density at radius 2 is 1.63 bits per heavy atom. The summed E-state index contributed by atoms with van der Waals surface area (Å²) in [5.41, 5.74) is 9.17. The van der Waals surface area contributed by atoms with Crippen molar-refractivity contribution in [2.45, 2.75) is 91.5 Å². The third-order valence-electron chi connectivity index (χ3n) is 15.9. The van der Waals surface area contributed by atoms with Gasteiger partial charge in [0.1, 0.15) is 11.5 Å². The Morgan fingerprint density at radius 1 is 0.855 bits per heavy atom. The molecule has 2 saturated heterocycles. The average molecular weight is 1030 g/mol. The maximum absolute atomic E-state index is 14.1. The number of pyridine rings is 2. The Hall–Kier alpha value is -7.96. The minimum Gasteiger partial charge on any atom is -0.392 e. The van der Waals surface area contributed by atoms with Crippen LogP contribution in [0.4, 0.5) is 40.1 Å². The molecule has 6 aromatic rings. The van der Waals surface area contributed by atoms with E-state index < -0.39 is 12.2 Å². The molecule has 4 aromatic heterocycles. The molecular weight excluding hydrogens is 961 g/mol. The fourth-order valence-electron chi connectivity index (χ4n) is 12.0. The average Bonchev–Trinajstić information content (AvgIpc) is 4.02. The van der Waals surface area contributed by atoms with E-state index in [9.17, 15) is 29.1 Å². The van der Waals surface area contributed by atoms with E-state index in [1.54, 1.807) is 54.8 Å². The van der Waals surface area contributed by atoms with Gasteiger partial charge in [-0.05, 0) is 116 Å². The van der Waals surface area contributed by atoms with Gasteiger partial charge in [0.05, 0.1) is 40.5 Å². The number of nitrogens with one attached hydrogen (secondary N) is 2. The first-order valence-electron chi connectivity index (χ1n) is 26.3. The number of hydrogen-bond donors (Lipinski definition) is 3. The number of piperidine rings is 1. The number of hydrogen-bond acceptors (Lipinski definition) is 13. The number of piperazine rings is 1. The van der Waals surface area contributed by atoms with Crippen LogP contribution >= 0.6 is 0 Å². The van der Waals surface area contributed by atoms with E-state index in [0.717, 1.165) is 68.9 Å². The molecule has 18 heteroatoms. The number of aliphatic hydroxyl groups excluding tert-OH is 1. The molecule has 0 spiro atoms. The van der Waals surface area contributed by atoms with Gasteiger partial charge >= 0.3 is 0 Å².